The lowest BCUT2D eigenvalue weighted by atomic mass is 10.0. The van der Waals surface area contributed by atoms with E-state index in [4.69, 9.17) is 9.84 Å². The van der Waals surface area contributed by atoms with E-state index in [9.17, 15) is 4.79 Å². The number of carbonyl (C=O) groups is 1. The average molecular weight is 204 g/mol. The predicted octanol–water partition coefficient (Wildman–Crippen LogP) is 2.11. The summed E-state index contributed by atoms with van der Waals surface area (Å²) in [4.78, 5) is 10.7. The molecule has 78 valence electrons. The van der Waals surface area contributed by atoms with E-state index in [0.29, 0.717) is 0 Å². The summed E-state index contributed by atoms with van der Waals surface area (Å²) in [7, 11) is 1.60. The van der Waals surface area contributed by atoms with Crippen LogP contribution in [0.25, 0.3) is 5.57 Å². The molecule has 0 radical (unpaired) electrons. The maximum Gasteiger partial charge on any atom is 0.307 e. The van der Waals surface area contributed by atoms with Crippen LogP contribution in [0.15, 0.2) is 24.3 Å². The highest BCUT2D eigenvalue weighted by molar-refractivity contribution is 5.88. The van der Waals surface area contributed by atoms with Crippen LogP contribution in [0, 0.1) is 0 Å². The zero-order valence-corrected chi connectivity index (χ0v) is 8.49. The van der Waals surface area contributed by atoms with E-state index in [0.717, 1.165) is 28.9 Å². The van der Waals surface area contributed by atoms with Crippen molar-refractivity contribution in [2.24, 2.45) is 0 Å². The molecule has 3 heteroatoms. The molecule has 0 fully saturated rings. The Bertz CT molecular complexity index is 432. The molecule has 0 saturated carbocycles. The molecule has 0 bridgehead atoms. The number of ether oxygens (including phenoxy) is 1. The molecule has 1 aromatic carbocycles. The summed E-state index contributed by atoms with van der Waals surface area (Å²) in [6.45, 7) is 0. The summed E-state index contributed by atoms with van der Waals surface area (Å²) < 4.78 is 5.24. The van der Waals surface area contributed by atoms with Crippen LogP contribution in [0.4, 0.5) is 0 Å². The van der Waals surface area contributed by atoms with Crippen molar-refractivity contribution >= 4 is 11.5 Å². The second-order valence-corrected chi connectivity index (χ2v) is 3.50. The van der Waals surface area contributed by atoms with Crippen molar-refractivity contribution in [3.05, 3.63) is 35.4 Å². The Morgan fingerprint density at radius 3 is 3.00 bits per heavy atom. The van der Waals surface area contributed by atoms with Crippen molar-refractivity contribution in [1.82, 2.24) is 0 Å². The van der Waals surface area contributed by atoms with E-state index in [1.807, 2.05) is 24.3 Å². The predicted molar refractivity (Wildman–Crippen MR) is 56.9 cm³/mol. The second-order valence-electron chi connectivity index (χ2n) is 3.50. The maximum absolute atomic E-state index is 10.7. The zero-order chi connectivity index (χ0) is 10.8. The molecule has 1 aliphatic rings. The summed E-state index contributed by atoms with van der Waals surface area (Å²) in [5.41, 5.74) is 2.96. The van der Waals surface area contributed by atoms with Crippen LogP contribution in [0.5, 0.6) is 5.75 Å². The molecule has 3 nitrogen and oxygen atoms in total. The first kappa shape index (κ1) is 9.77. The number of hydrogen-bond acceptors (Lipinski definition) is 2. The Kier molecular flexibility index (Phi) is 2.46. The molecule has 2 rings (SSSR count). The van der Waals surface area contributed by atoms with Crippen LogP contribution in [-0.2, 0) is 11.2 Å². The molecular weight excluding hydrogens is 192 g/mol. The molecule has 15 heavy (non-hydrogen) atoms. The monoisotopic (exact) mass is 204 g/mol. The van der Waals surface area contributed by atoms with Crippen molar-refractivity contribution in [3.8, 4) is 5.75 Å². The first-order valence-corrected chi connectivity index (χ1v) is 4.79. The third kappa shape index (κ3) is 1.73. The zero-order valence-electron chi connectivity index (χ0n) is 8.49. The van der Waals surface area contributed by atoms with Crippen molar-refractivity contribution in [2.75, 3.05) is 7.11 Å². The van der Waals surface area contributed by atoms with Crippen LogP contribution >= 0.6 is 0 Å². The second kappa shape index (κ2) is 3.77. The normalized spacial score (nSPS) is 13.3. The molecule has 0 spiro atoms. The number of methoxy groups -OCH3 is 1. The largest absolute Gasteiger partial charge is 0.496 e. The van der Waals surface area contributed by atoms with Crippen LogP contribution < -0.4 is 4.74 Å². The summed E-state index contributed by atoms with van der Waals surface area (Å²) in [6, 6.07) is 5.79. The fraction of sp³-hybridized carbons (Fsp3) is 0.250. The van der Waals surface area contributed by atoms with Crippen molar-refractivity contribution in [3.63, 3.8) is 0 Å². The SMILES string of the molecule is COc1cccc2c1C(CC(=O)O)=CC2. The summed E-state index contributed by atoms with van der Waals surface area (Å²) in [5.74, 6) is -0.0440. The minimum Gasteiger partial charge on any atom is -0.496 e. The number of aliphatic carboxylic acids is 1. The van der Waals surface area contributed by atoms with E-state index in [1.165, 1.54) is 0 Å². The Morgan fingerprint density at radius 1 is 1.53 bits per heavy atom. The quantitative estimate of drug-likeness (QED) is 0.820. The maximum atomic E-state index is 10.7. The number of carboxylic acid groups (broad SMARTS) is 1. The Labute approximate surface area is 88.0 Å². The average Bonchev–Trinajstić information content (AvgIpc) is 2.61. The molecule has 1 aliphatic carbocycles. The van der Waals surface area contributed by atoms with Crippen LogP contribution in [0.1, 0.15) is 17.5 Å². The van der Waals surface area contributed by atoms with Gasteiger partial charge in [-0.3, -0.25) is 4.79 Å². The van der Waals surface area contributed by atoms with E-state index in [2.05, 4.69) is 0 Å². The fourth-order valence-corrected chi connectivity index (χ4v) is 1.94. The van der Waals surface area contributed by atoms with Gasteiger partial charge in [0.05, 0.1) is 13.5 Å². The van der Waals surface area contributed by atoms with E-state index in [1.54, 1.807) is 7.11 Å². The van der Waals surface area contributed by atoms with Crippen molar-refractivity contribution in [2.45, 2.75) is 12.8 Å². The smallest absolute Gasteiger partial charge is 0.307 e. The number of hydrogen-bond donors (Lipinski definition) is 1. The molecule has 1 N–H and O–H groups in total. The molecule has 0 atom stereocenters. The minimum absolute atomic E-state index is 0.0629. The highest BCUT2D eigenvalue weighted by Crippen LogP contribution is 2.36. The lowest BCUT2D eigenvalue weighted by molar-refractivity contribution is -0.135. The molecule has 0 unspecified atom stereocenters. The summed E-state index contributed by atoms with van der Waals surface area (Å²) in [5, 5.41) is 8.78. The van der Waals surface area contributed by atoms with Gasteiger partial charge >= 0.3 is 5.97 Å². The first-order chi connectivity index (χ1) is 7.22. The molecule has 0 aliphatic heterocycles. The van der Waals surface area contributed by atoms with Gasteiger partial charge in [0.15, 0.2) is 0 Å². The topological polar surface area (TPSA) is 46.5 Å². The third-order valence-corrected chi connectivity index (χ3v) is 2.56. The number of allylic oxidation sites excluding steroid dienone is 1. The van der Waals surface area contributed by atoms with Gasteiger partial charge < -0.3 is 9.84 Å². The number of benzene rings is 1. The van der Waals surface area contributed by atoms with Crippen LogP contribution in [0.2, 0.25) is 0 Å². The molecule has 0 aromatic heterocycles. The van der Waals surface area contributed by atoms with Gasteiger partial charge in [0.25, 0.3) is 0 Å². The molecule has 0 heterocycles. The molecule has 0 saturated heterocycles. The van der Waals surface area contributed by atoms with Gasteiger partial charge in [-0.2, -0.15) is 0 Å². The van der Waals surface area contributed by atoms with E-state index in [-0.39, 0.29) is 6.42 Å². The molecule has 0 amide bonds. The standard InChI is InChI=1S/C12H12O3/c1-15-10-4-2-3-8-5-6-9(12(8)10)7-11(13)14/h2-4,6H,5,7H2,1H3,(H,13,14). The lowest BCUT2D eigenvalue weighted by Crippen LogP contribution is -1.98. The van der Waals surface area contributed by atoms with E-state index < -0.39 is 5.97 Å². The highest BCUT2D eigenvalue weighted by Gasteiger charge is 2.19. The number of fused-ring (bicyclic) bond motifs is 1. The van der Waals surface area contributed by atoms with Gasteiger partial charge in [0.2, 0.25) is 0 Å². The van der Waals surface area contributed by atoms with Gasteiger partial charge in [-0.1, -0.05) is 18.2 Å². The molecular formula is C12H12O3. The van der Waals surface area contributed by atoms with Gasteiger partial charge in [0.1, 0.15) is 5.75 Å². The minimum atomic E-state index is -0.806. The summed E-state index contributed by atoms with van der Waals surface area (Å²) in [6.07, 6.45) is 2.82. The Hall–Kier alpha value is -1.77. The van der Waals surface area contributed by atoms with Crippen molar-refractivity contribution in [1.29, 1.82) is 0 Å². The van der Waals surface area contributed by atoms with Gasteiger partial charge in [-0.25, -0.2) is 0 Å². The third-order valence-electron chi connectivity index (χ3n) is 2.56. The highest BCUT2D eigenvalue weighted by atomic mass is 16.5. The van der Waals surface area contributed by atoms with Crippen LogP contribution in [0.3, 0.4) is 0 Å². The van der Waals surface area contributed by atoms with E-state index >= 15 is 0 Å². The number of carboxylic acids is 1. The molecule has 1 aromatic rings. The lowest BCUT2D eigenvalue weighted by Gasteiger charge is -2.09. The number of rotatable bonds is 3. The summed E-state index contributed by atoms with van der Waals surface area (Å²) >= 11 is 0. The van der Waals surface area contributed by atoms with Gasteiger partial charge in [0, 0.05) is 5.56 Å². The first-order valence-electron chi connectivity index (χ1n) is 4.79. The van der Waals surface area contributed by atoms with Gasteiger partial charge in [-0.05, 0) is 23.6 Å². The van der Waals surface area contributed by atoms with Gasteiger partial charge in [-0.15, -0.1) is 0 Å². The fourth-order valence-electron chi connectivity index (χ4n) is 1.94. The van der Waals surface area contributed by atoms with Crippen LogP contribution in [-0.4, -0.2) is 18.2 Å². The Balaban J connectivity index is 2.41. The van der Waals surface area contributed by atoms with Crippen molar-refractivity contribution < 1.29 is 14.6 Å². The Morgan fingerprint density at radius 2 is 2.33 bits per heavy atom.